The van der Waals surface area contributed by atoms with Crippen LogP contribution in [0.15, 0.2) is 23.2 Å². The number of nitrogens with two attached hydrogens (primary N) is 1. The van der Waals surface area contributed by atoms with Crippen LogP contribution in [-0.4, -0.2) is 35.4 Å². The van der Waals surface area contributed by atoms with Crippen LogP contribution in [0, 0.1) is 0 Å². The summed E-state index contributed by atoms with van der Waals surface area (Å²) in [6.07, 6.45) is 0.0434. The minimum absolute atomic E-state index is 0.0434. The van der Waals surface area contributed by atoms with Gasteiger partial charge in [0.25, 0.3) is 0 Å². The molecule has 3 rings (SSSR count). The molecule has 1 aromatic carbocycles. The lowest BCUT2D eigenvalue weighted by molar-refractivity contribution is -0.121. The van der Waals surface area contributed by atoms with Crippen molar-refractivity contribution in [3.63, 3.8) is 0 Å². The third-order valence-corrected chi connectivity index (χ3v) is 3.96. The highest BCUT2D eigenvalue weighted by atomic mass is 32.2. The van der Waals surface area contributed by atoms with Crippen molar-refractivity contribution in [3.05, 3.63) is 18.2 Å². The van der Waals surface area contributed by atoms with Crippen LogP contribution in [0.25, 0.3) is 0 Å². The molecule has 2 amide bonds. The number of rotatable bonds is 2. The second-order valence-corrected chi connectivity index (χ2v) is 5.73. The van der Waals surface area contributed by atoms with E-state index in [4.69, 9.17) is 15.2 Å². The molecule has 0 fully saturated rings. The molecule has 1 aromatic rings. The molecule has 0 saturated heterocycles. The van der Waals surface area contributed by atoms with E-state index in [1.165, 1.54) is 0 Å². The van der Waals surface area contributed by atoms with Gasteiger partial charge >= 0.3 is 0 Å². The van der Waals surface area contributed by atoms with Crippen LogP contribution in [0.2, 0.25) is 0 Å². The first-order chi connectivity index (χ1) is 10.1. The van der Waals surface area contributed by atoms with Gasteiger partial charge in [0.05, 0.1) is 6.42 Å². The van der Waals surface area contributed by atoms with Crippen molar-refractivity contribution in [2.24, 2.45) is 10.7 Å². The molecule has 0 unspecified atom stereocenters. The first kappa shape index (κ1) is 13.7. The molecule has 2 aliphatic heterocycles. The van der Waals surface area contributed by atoms with Gasteiger partial charge in [0, 0.05) is 11.8 Å². The summed E-state index contributed by atoms with van der Waals surface area (Å²) in [5, 5.41) is 2.30. The lowest BCUT2D eigenvalue weighted by Crippen LogP contribution is -2.33. The number of hydrogen-bond donors (Lipinski definition) is 2. The number of nitrogens with zero attached hydrogens (tertiary/aromatic N) is 1. The monoisotopic (exact) mass is 307 g/mol. The van der Waals surface area contributed by atoms with E-state index in [0.29, 0.717) is 30.4 Å². The molecule has 8 heteroatoms. The van der Waals surface area contributed by atoms with Crippen molar-refractivity contribution in [1.29, 1.82) is 0 Å². The average molecular weight is 307 g/mol. The van der Waals surface area contributed by atoms with Crippen LogP contribution in [0.5, 0.6) is 11.5 Å². The molecular weight excluding hydrogens is 294 g/mol. The Labute approximate surface area is 124 Å². The van der Waals surface area contributed by atoms with Gasteiger partial charge in [-0.3, -0.25) is 9.59 Å². The number of amidine groups is 1. The summed E-state index contributed by atoms with van der Waals surface area (Å²) in [5.74, 6) is 0.571. The van der Waals surface area contributed by atoms with Gasteiger partial charge in [-0.15, -0.1) is 0 Å². The Kier molecular flexibility index (Phi) is 3.70. The smallest absolute Gasteiger partial charge is 0.249 e. The van der Waals surface area contributed by atoms with E-state index in [-0.39, 0.29) is 23.4 Å². The van der Waals surface area contributed by atoms with Gasteiger partial charge in [-0.2, -0.15) is 4.99 Å². The summed E-state index contributed by atoms with van der Waals surface area (Å²) in [6.45, 7) is 0.989. The molecule has 1 atom stereocenters. The van der Waals surface area contributed by atoms with Crippen molar-refractivity contribution >= 4 is 34.4 Å². The lowest BCUT2D eigenvalue weighted by Gasteiger charge is -2.20. The summed E-state index contributed by atoms with van der Waals surface area (Å²) in [6, 6.07) is 5.15. The topological polar surface area (TPSA) is 103 Å². The van der Waals surface area contributed by atoms with E-state index in [1.807, 2.05) is 0 Å². The molecule has 7 nitrogen and oxygen atoms in total. The predicted molar refractivity (Wildman–Crippen MR) is 78.7 cm³/mol. The maximum atomic E-state index is 12.2. The first-order valence-corrected chi connectivity index (χ1v) is 7.24. The third kappa shape index (κ3) is 3.10. The second kappa shape index (κ2) is 5.65. The maximum Gasteiger partial charge on any atom is 0.249 e. The fourth-order valence-corrected chi connectivity index (χ4v) is 2.87. The number of anilines is 1. The van der Waals surface area contributed by atoms with Gasteiger partial charge < -0.3 is 20.5 Å². The molecule has 2 aliphatic rings. The van der Waals surface area contributed by atoms with Gasteiger partial charge in [0.2, 0.25) is 11.8 Å². The zero-order valence-electron chi connectivity index (χ0n) is 11.0. The Morgan fingerprint density at radius 2 is 2.10 bits per heavy atom. The quantitative estimate of drug-likeness (QED) is 0.835. The van der Waals surface area contributed by atoms with Gasteiger partial charge in [0.15, 0.2) is 16.7 Å². The van der Waals surface area contributed by atoms with Gasteiger partial charge in [0.1, 0.15) is 18.5 Å². The van der Waals surface area contributed by atoms with Crippen LogP contribution in [0.1, 0.15) is 6.42 Å². The molecule has 3 N–H and O–H groups in total. The number of thioether (sulfide) groups is 1. The van der Waals surface area contributed by atoms with Crippen molar-refractivity contribution < 1.29 is 19.1 Å². The summed E-state index contributed by atoms with van der Waals surface area (Å²) >= 11 is 1.09. The van der Waals surface area contributed by atoms with Crippen molar-refractivity contribution in [2.45, 2.75) is 11.7 Å². The number of benzene rings is 1. The maximum absolute atomic E-state index is 12.2. The minimum Gasteiger partial charge on any atom is -0.486 e. The summed E-state index contributed by atoms with van der Waals surface area (Å²) in [7, 11) is 0. The van der Waals surface area contributed by atoms with Gasteiger partial charge in [-0.05, 0) is 12.1 Å². The minimum atomic E-state index is -0.566. The fraction of sp³-hybridized carbons (Fsp3) is 0.308. The van der Waals surface area contributed by atoms with Gasteiger partial charge in [-0.25, -0.2) is 0 Å². The van der Waals surface area contributed by atoms with Crippen LogP contribution in [-0.2, 0) is 9.59 Å². The van der Waals surface area contributed by atoms with Crippen LogP contribution in [0.4, 0.5) is 5.69 Å². The summed E-state index contributed by atoms with van der Waals surface area (Å²) < 4.78 is 10.9. The van der Waals surface area contributed by atoms with E-state index < -0.39 is 5.25 Å². The van der Waals surface area contributed by atoms with E-state index >= 15 is 0 Å². The zero-order valence-corrected chi connectivity index (χ0v) is 11.8. The molecule has 0 saturated carbocycles. The molecule has 21 heavy (non-hydrogen) atoms. The highest BCUT2D eigenvalue weighted by Gasteiger charge is 2.28. The van der Waals surface area contributed by atoms with Crippen molar-refractivity contribution in [3.8, 4) is 11.5 Å². The van der Waals surface area contributed by atoms with Crippen LogP contribution < -0.4 is 20.5 Å². The standard InChI is InChI=1S/C13H13N3O4S/c14-13-16-11(17)6-10(21-13)12(18)15-7-1-2-8-9(5-7)20-4-3-19-8/h1-2,5,10H,3-4,6H2,(H,15,18)(H2,14,16,17)/t10-/m0/s1. The van der Waals surface area contributed by atoms with Crippen molar-refractivity contribution in [1.82, 2.24) is 0 Å². The molecule has 0 radical (unpaired) electrons. The average Bonchev–Trinajstić information content (AvgIpc) is 2.46. The van der Waals surface area contributed by atoms with E-state index in [2.05, 4.69) is 10.3 Å². The van der Waals surface area contributed by atoms with E-state index in [0.717, 1.165) is 11.8 Å². The van der Waals surface area contributed by atoms with Crippen LogP contribution in [0.3, 0.4) is 0 Å². The normalized spacial score (nSPS) is 20.7. The highest BCUT2D eigenvalue weighted by Crippen LogP contribution is 2.33. The molecule has 110 valence electrons. The molecule has 2 heterocycles. The number of ether oxygens (including phenoxy) is 2. The lowest BCUT2D eigenvalue weighted by atomic mass is 10.2. The number of fused-ring (bicyclic) bond motifs is 1. The Hall–Kier alpha value is -2.22. The van der Waals surface area contributed by atoms with E-state index in [9.17, 15) is 9.59 Å². The Bertz CT molecular complexity index is 632. The highest BCUT2D eigenvalue weighted by molar-refractivity contribution is 8.15. The van der Waals surface area contributed by atoms with Crippen molar-refractivity contribution in [2.75, 3.05) is 18.5 Å². The zero-order chi connectivity index (χ0) is 14.8. The summed E-state index contributed by atoms with van der Waals surface area (Å²) in [4.78, 5) is 27.1. The number of carbonyl (C=O) groups excluding carboxylic acids is 2. The Morgan fingerprint density at radius 3 is 2.86 bits per heavy atom. The number of hydrogen-bond acceptors (Lipinski definition) is 6. The molecule has 0 bridgehead atoms. The number of carbonyl (C=O) groups is 2. The first-order valence-electron chi connectivity index (χ1n) is 6.36. The molecule has 0 aromatic heterocycles. The van der Waals surface area contributed by atoms with Gasteiger partial charge in [-0.1, -0.05) is 11.8 Å². The number of nitrogens with one attached hydrogen (secondary N) is 1. The van der Waals surface area contributed by atoms with Crippen LogP contribution >= 0.6 is 11.8 Å². The largest absolute Gasteiger partial charge is 0.486 e. The SMILES string of the molecule is NC1=NC(=O)C[C@@H](C(=O)Nc2ccc3c(c2)OCCO3)S1. The van der Waals surface area contributed by atoms with E-state index in [1.54, 1.807) is 18.2 Å². The molecular formula is C13H13N3O4S. The number of aliphatic imine (C=N–C) groups is 1. The second-order valence-electron chi connectivity index (χ2n) is 4.50. The fourth-order valence-electron chi connectivity index (χ4n) is 2.03. The molecule has 0 spiro atoms. The number of amides is 2. The third-order valence-electron chi connectivity index (χ3n) is 2.96. The molecule has 0 aliphatic carbocycles. The predicted octanol–water partition coefficient (Wildman–Crippen LogP) is 0.743. The summed E-state index contributed by atoms with van der Waals surface area (Å²) in [5.41, 5.74) is 6.10. The Balaban J connectivity index is 1.70. The Morgan fingerprint density at radius 1 is 1.33 bits per heavy atom.